The number of carboxylic acids is 1. The highest BCUT2D eigenvalue weighted by Gasteiger charge is 2.35. The summed E-state index contributed by atoms with van der Waals surface area (Å²) in [6.07, 6.45) is 2.78. The van der Waals surface area contributed by atoms with Gasteiger partial charge in [0.05, 0.1) is 27.8 Å². The quantitative estimate of drug-likeness (QED) is 0.405. The van der Waals surface area contributed by atoms with Gasteiger partial charge in [0, 0.05) is 11.4 Å². The number of benzene rings is 2. The molecule has 2 atom stereocenters. The summed E-state index contributed by atoms with van der Waals surface area (Å²) in [4.78, 5) is 40.9. The minimum atomic E-state index is -0.919. The topological polar surface area (TPSA) is 108 Å². The largest absolute Gasteiger partial charge is 0.481 e. The van der Waals surface area contributed by atoms with E-state index in [0.29, 0.717) is 28.6 Å². The molecule has 2 aromatic carbocycles. The number of thiazole rings is 1. The molecule has 1 saturated carbocycles. The van der Waals surface area contributed by atoms with E-state index in [1.165, 1.54) is 47.4 Å². The normalized spacial score (nSPS) is 18.1. The molecule has 172 valence electrons. The van der Waals surface area contributed by atoms with Crippen LogP contribution in [0.25, 0.3) is 10.2 Å². The van der Waals surface area contributed by atoms with Crippen LogP contribution in [0.15, 0.2) is 46.8 Å². The number of anilines is 2. The number of nitrogens with zero attached hydrogens (tertiary/aromatic N) is 1. The van der Waals surface area contributed by atoms with Gasteiger partial charge in [-0.05, 0) is 55.3 Å². The van der Waals surface area contributed by atoms with Crippen molar-refractivity contribution in [2.75, 3.05) is 16.4 Å². The van der Waals surface area contributed by atoms with Gasteiger partial charge in [-0.2, -0.15) is 0 Å². The fourth-order valence-electron chi connectivity index (χ4n) is 3.88. The van der Waals surface area contributed by atoms with Crippen LogP contribution >= 0.6 is 23.1 Å². The van der Waals surface area contributed by atoms with E-state index < -0.39 is 17.8 Å². The van der Waals surface area contributed by atoms with Gasteiger partial charge in [0.2, 0.25) is 11.8 Å². The molecule has 1 aromatic heterocycles. The second-order valence-corrected chi connectivity index (χ2v) is 10.1. The summed E-state index contributed by atoms with van der Waals surface area (Å²) in [7, 11) is 0. The first-order valence-electron chi connectivity index (χ1n) is 10.5. The number of aliphatic carboxylic acids is 1. The summed E-state index contributed by atoms with van der Waals surface area (Å²) < 4.78 is 14.5. The maximum absolute atomic E-state index is 13.0. The lowest BCUT2D eigenvalue weighted by molar-refractivity contribution is -0.147. The van der Waals surface area contributed by atoms with Gasteiger partial charge < -0.3 is 15.7 Å². The fraction of sp³-hybridized carbons (Fsp3) is 0.304. The molecule has 3 aromatic rings. The van der Waals surface area contributed by atoms with E-state index in [1.54, 1.807) is 12.1 Å². The van der Waals surface area contributed by atoms with Gasteiger partial charge >= 0.3 is 5.97 Å². The molecule has 1 fully saturated rings. The maximum Gasteiger partial charge on any atom is 0.307 e. The third-order valence-corrected chi connectivity index (χ3v) is 7.67. The first-order valence-corrected chi connectivity index (χ1v) is 12.3. The molecular formula is C23H22FN3O4S2. The number of rotatable bonds is 7. The van der Waals surface area contributed by atoms with Crippen LogP contribution in [0, 0.1) is 17.7 Å². The van der Waals surface area contributed by atoms with Crippen molar-refractivity contribution in [3.05, 3.63) is 48.3 Å². The molecule has 4 rings (SSSR count). The Kier molecular flexibility index (Phi) is 7.24. The average molecular weight is 488 g/mol. The molecule has 0 saturated heterocycles. The minimum absolute atomic E-state index is 0.152. The number of fused-ring (bicyclic) bond motifs is 1. The number of carboxylic acid groups (broad SMARTS) is 1. The van der Waals surface area contributed by atoms with Gasteiger partial charge in [-0.15, -0.1) is 11.3 Å². The molecular weight excluding hydrogens is 465 g/mol. The number of nitrogens with one attached hydrogen (secondary N) is 2. The smallest absolute Gasteiger partial charge is 0.307 e. The lowest BCUT2D eigenvalue weighted by Crippen LogP contribution is -2.36. The predicted octanol–water partition coefficient (Wildman–Crippen LogP) is 5.00. The van der Waals surface area contributed by atoms with E-state index in [-0.39, 0.29) is 23.4 Å². The number of hydrogen-bond donors (Lipinski definition) is 3. The van der Waals surface area contributed by atoms with E-state index in [4.69, 9.17) is 0 Å². The lowest BCUT2D eigenvalue weighted by Gasteiger charge is -2.27. The second kappa shape index (κ2) is 10.3. The summed E-state index contributed by atoms with van der Waals surface area (Å²) in [5.74, 6) is -2.80. The van der Waals surface area contributed by atoms with Gasteiger partial charge in [-0.25, -0.2) is 9.37 Å². The van der Waals surface area contributed by atoms with Crippen molar-refractivity contribution in [3.63, 3.8) is 0 Å². The van der Waals surface area contributed by atoms with Crippen LogP contribution in [0.4, 0.5) is 15.8 Å². The summed E-state index contributed by atoms with van der Waals surface area (Å²) in [5, 5.41) is 15.0. The Morgan fingerprint density at radius 2 is 1.73 bits per heavy atom. The highest BCUT2D eigenvalue weighted by atomic mass is 32.2. The fourth-order valence-corrected chi connectivity index (χ4v) is 5.78. The second-order valence-electron chi connectivity index (χ2n) is 7.83. The molecule has 0 bridgehead atoms. The van der Waals surface area contributed by atoms with Gasteiger partial charge in [0.15, 0.2) is 4.34 Å². The zero-order valence-corrected chi connectivity index (χ0v) is 19.2. The molecule has 7 nitrogen and oxygen atoms in total. The van der Waals surface area contributed by atoms with Gasteiger partial charge in [0.1, 0.15) is 5.82 Å². The maximum atomic E-state index is 13.0. The van der Waals surface area contributed by atoms with Crippen molar-refractivity contribution >= 4 is 62.5 Å². The number of carbonyl (C=O) groups is 3. The predicted molar refractivity (Wildman–Crippen MR) is 127 cm³/mol. The first-order chi connectivity index (χ1) is 15.9. The Hall–Kier alpha value is -2.98. The molecule has 3 N–H and O–H groups in total. The number of aromatic nitrogens is 1. The molecule has 0 radical (unpaired) electrons. The van der Waals surface area contributed by atoms with Crippen molar-refractivity contribution < 1.29 is 23.9 Å². The van der Waals surface area contributed by atoms with Crippen LogP contribution in [-0.4, -0.2) is 33.6 Å². The molecule has 0 spiro atoms. The Labute approximate surface area is 197 Å². The summed E-state index contributed by atoms with van der Waals surface area (Å²) in [6, 6.07) is 10.9. The van der Waals surface area contributed by atoms with Gasteiger partial charge in [-0.1, -0.05) is 24.6 Å². The van der Waals surface area contributed by atoms with Gasteiger partial charge in [0.25, 0.3) is 0 Å². The van der Waals surface area contributed by atoms with E-state index in [9.17, 15) is 23.9 Å². The number of amides is 2. The molecule has 1 heterocycles. The monoisotopic (exact) mass is 487 g/mol. The molecule has 0 aliphatic heterocycles. The molecule has 1 aliphatic rings. The van der Waals surface area contributed by atoms with Crippen molar-refractivity contribution in [1.29, 1.82) is 0 Å². The van der Waals surface area contributed by atoms with Crippen LogP contribution in [0.1, 0.15) is 25.7 Å². The Morgan fingerprint density at radius 3 is 2.45 bits per heavy atom. The first kappa shape index (κ1) is 23.2. The number of halogens is 1. The van der Waals surface area contributed by atoms with Crippen LogP contribution in [0.2, 0.25) is 0 Å². The van der Waals surface area contributed by atoms with E-state index in [2.05, 4.69) is 15.6 Å². The van der Waals surface area contributed by atoms with E-state index in [0.717, 1.165) is 23.1 Å². The molecule has 2 unspecified atom stereocenters. The third kappa shape index (κ3) is 5.88. The van der Waals surface area contributed by atoms with Crippen molar-refractivity contribution in [2.45, 2.75) is 30.0 Å². The van der Waals surface area contributed by atoms with Crippen molar-refractivity contribution in [1.82, 2.24) is 4.98 Å². The zero-order valence-electron chi connectivity index (χ0n) is 17.5. The number of hydrogen-bond acceptors (Lipinski definition) is 6. The Bertz CT molecular complexity index is 1180. The van der Waals surface area contributed by atoms with Crippen molar-refractivity contribution in [3.8, 4) is 0 Å². The van der Waals surface area contributed by atoms with Crippen LogP contribution in [0.3, 0.4) is 0 Å². The molecule has 10 heteroatoms. The number of carbonyl (C=O) groups excluding carboxylic acids is 2. The average Bonchev–Trinajstić information content (AvgIpc) is 3.21. The van der Waals surface area contributed by atoms with E-state index in [1.807, 2.05) is 6.07 Å². The zero-order chi connectivity index (χ0) is 23.4. The van der Waals surface area contributed by atoms with Crippen LogP contribution < -0.4 is 10.6 Å². The van der Waals surface area contributed by atoms with Crippen LogP contribution in [0.5, 0.6) is 0 Å². The summed E-state index contributed by atoms with van der Waals surface area (Å²) in [5.41, 5.74) is 1.87. The van der Waals surface area contributed by atoms with E-state index >= 15 is 0 Å². The van der Waals surface area contributed by atoms with Crippen molar-refractivity contribution in [2.24, 2.45) is 11.8 Å². The highest BCUT2D eigenvalue weighted by Crippen LogP contribution is 2.33. The SMILES string of the molecule is O=C(CSc1nc2ccc(NC(=O)C3CCCCC3C(=O)O)cc2s1)Nc1ccc(F)cc1. The molecule has 33 heavy (non-hydrogen) atoms. The van der Waals surface area contributed by atoms with Gasteiger partial charge in [-0.3, -0.25) is 14.4 Å². The molecule has 2 amide bonds. The lowest BCUT2D eigenvalue weighted by atomic mass is 9.78. The number of thioether (sulfide) groups is 1. The Morgan fingerprint density at radius 1 is 1.03 bits per heavy atom. The summed E-state index contributed by atoms with van der Waals surface area (Å²) in [6.45, 7) is 0. The van der Waals surface area contributed by atoms with Crippen LogP contribution in [-0.2, 0) is 14.4 Å². The minimum Gasteiger partial charge on any atom is -0.481 e. The highest BCUT2D eigenvalue weighted by molar-refractivity contribution is 8.01. The summed E-state index contributed by atoms with van der Waals surface area (Å²) >= 11 is 2.70. The Balaban J connectivity index is 1.36. The molecule has 1 aliphatic carbocycles. The third-order valence-electron chi connectivity index (χ3n) is 5.51. The standard InChI is InChI=1S/C23H22FN3O4S2/c24-13-5-7-14(8-6-13)25-20(28)12-32-23-27-18-10-9-15(11-19(18)33-23)26-21(29)16-3-1-2-4-17(16)22(30)31/h5-11,16-17H,1-4,12H2,(H,25,28)(H,26,29)(H,30,31).